The van der Waals surface area contributed by atoms with E-state index in [1.807, 2.05) is 0 Å². The first-order chi connectivity index (χ1) is 7.47. The van der Waals surface area contributed by atoms with Crippen LogP contribution in [-0.4, -0.2) is 32.4 Å². The van der Waals surface area contributed by atoms with Gasteiger partial charge in [-0.1, -0.05) is 0 Å². The number of aliphatic carboxylic acids is 1. The van der Waals surface area contributed by atoms with Gasteiger partial charge < -0.3 is 9.84 Å². The summed E-state index contributed by atoms with van der Waals surface area (Å²) in [4.78, 5) is 20.4. The zero-order chi connectivity index (χ0) is 12.3. The minimum Gasteiger partial charge on any atom is -0.479 e. The fraction of sp³-hybridized carbons (Fsp3) is 0.500. The van der Waals surface area contributed by atoms with E-state index in [0.717, 1.165) is 0 Å². The van der Waals surface area contributed by atoms with Crippen molar-refractivity contribution in [3.05, 3.63) is 15.8 Å². The maximum absolute atomic E-state index is 10.7. The monoisotopic (exact) mass is 229 g/mol. The molecule has 1 heterocycles. The molecule has 1 rings (SSSR count). The smallest absolute Gasteiger partial charge is 0.353 e. The number of aromatic nitrogens is 2. The van der Waals surface area contributed by atoms with Crippen LogP contribution in [0.2, 0.25) is 0 Å². The number of rotatable bonds is 5. The first-order valence-electron chi connectivity index (χ1n) is 4.53. The summed E-state index contributed by atoms with van der Waals surface area (Å²) in [6.07, 6.45) is 0. The van der Waals surface area contributed by atoms with E-state index >= 15 is 0 Å². The SMILES string of the molecule is CCn1nc(C)c([N+](=O)[O-])c1OCC(=O)O. The Hall–Kier alpha value is -2.12. The molecule has 0 spiro atoms. The number of aryl methyl sites for hydroxylation is 2. The predicted octanol–water partition coefficient (Wildman–Crippen LogP) is 0.583. The Morgan fingerprint density at radius 3 is 2.75 bits per heavy atom. The summed E-state index contributed by atoms with van der Waals surface area (Å²) in [5.41, 5.74) is -0.0876. The largest absolute Gasteiger partial charge is 0.479 e. The van der Waals surface area contributed by atoms with E-state index in [1.165, 1.54) is 11.6 Å². The van der Waals surface area contributed by atoms with Gasteiger partial charge in [-0.25, -0.2) is 9.48 Å². The third kappa shape index (κ3) is 2.27. The molecule has 0 aromatic carbocycles. The van der Waals surface area contributed by atoms with Crippen LogP contribution in [0.1, 0.15) is 12.6 Å². The molecule has 0 amide bonds. The fourth-order valence-electron chi connectivity index (χ4n) is 1.25. The van der Waals surface area contributed by atoms with Gasteiger partial charge in [0.2, 0.25) is 0 Å². The Bertz CT molecular complexity index is 426. The number of hydrogen-bond acceptors (Lipinski definition) is 5. The number of carbonyl (C=O) groups is 1. The highest BCUT2D eigenvalue weighted by atomic mass is 16.6. The highest BCUT2D eigenvalue weighted by molar-refractivity contribution is 5.68. The zero-order valence-corrected chi connectivity index (χ0v) is 8.84. The molecule has 0 atom stereocenters. The Labute approximate surface area is 90.6 Å². The molecule has 1 aromatic rings. The Kier molecular flexibility index (Phi) is 3.44. The second-order valence-corrected chi connectivity index (χ2v) is 2.99. The molecular formula is C8H11N3O5. The molecule has 0 fully saturated rings. The van der Waals surface area contributed by atoms with Crippen molar-refractivity contribution < 1.29 is 19.6 Å². The van der Waals surface area contributed by atoms with E-state index in [1.54, 1.807) is 6.92 Å². The topological polar surface area (TPSA) is 107 Å². The lowest BCUT2D eigenvalue weighted by molar-refractivity contribution is -0.386. The minimum absolute atomic E-state index is 0.118. The average Bonchev–Trinajstić information content (AvgIpc) is 2.51. The number of nitrogens with zero attached hydrogens (tertiary/aromatic N) is 3. The average molecular weight is 229 g/mol. The van der Waals surface area contributed by atoms with Crippen LogP contribution >= 0.6 is 0 Å². The van der Waals surface area contributed by atoms with Gasteiger partial charge in [-0.15, -0.1) is 0 Å². The van der Waals surface area contributed by atoms with Crippen LogP contribution in [0.15, 0.2) is 0 Å². The molecule has 8 nitrogen and oxygen atoms in total. The maximum Gasteiger partial charge on any atom is 0.353 e. The third-order valence-corrected chi connectivity index (χ3v) is 1.86. The normalized spacial score (nSPS) is 10.1. The number of nitro groups is 1. The molecule has 0 radical (unpaired) electrons. The van der Waals surface area contributed by atoms with Gasteiger partial charge in [0, 0.05) is 6.54 Å². The Morgan fingerprint density at radius 1 is 1.69 bits per heavy atom. The number of carboxylic acid groups (broad SMARTS) is 1. The van der Waals surface area contributed by atoms with Crippen molar-refractivity contribution in [1.29, 1.82) is 0 Å². The second kappa shape index (κ2) is 4.60. The molecule has 0 aliphatic heterocycles. The van der Waals surface area contributed by atoms with Gasteiger partial charge >= 0.3 is 11.7 Å². The fourth-order valence-corrected chi connectivity index (χ4v) is 1.25. The van der Waals surface area contributed by atoms with E-state index < -0.39 is 17.5 Å². The lowest BCUT2D eigenvalue weighted by atomic mass is 10.4. The van der Waals surface area contributed by atoms with Gasteiger partial charge in [-0.2, -0.15) is 5.10 Å². The van der Waals surface area contributed by atoms with Crippen molar-refractivity contribution in [1.82, 2.24) is 9.78 Å². The summed E-state index contributed by atoms with van der Waals surface area (Å²) in [7, 11) is 0. The zero-order valence-electron chi connectivity index (χ0n) is 8.84. The van der Waals surface area contributed by atoms with Crippen LogP contribution in [0.4, 0.5) is 5.69 Å². The van der Waals surface area contributed by atoms with Crippen LogP contribution in [-0.2, 0) is 11.3 Å². The van der Waals surface area contributed by atoms with Crippen molar-refractivity contribution in [2.24, 2.45) is 0 Å². The molecule has 88 valence electrons. The summed E-state index contributed by atoms with van der Waals surface area (Å²) in [6.45, 7) is 2.93. The highest BCUT2D eigenvalue weighted by Crippen LogP contribution is 2.30. The van der Waals surface area contributed by atoms with Crippen molar-refractivity contribution in [2.75, 3.05) is 6.61 Å². The summed E-state index contributed by atoms with van der Waals surface area (Å²) >= 11 is 0. The summed E-state index contributed by atoms with van der Waals surface area (Å²) in [5.74, 6) is -1.32. The lowest BCUT2D eigenvalue weighted by Crippen LogP contribution is -2.13. The first kappa shape index (κ1) is 12.0. The van der Waals surface area contributed by atoms with Crippen LogP contribution in [0.3, 0.4) is 0 Å². The van der Waals surface area contributed by atoms with Gasteiger partial charge in [-0.3, -0.25) is 10.1 Å². The van der Waals surface area contributed by atoms with Crippen LogP contribution in [0.25, 0.3) is 0 Å². The van der Waals surface area contributed by atoms with E-state index in [9.17, 15) is 14.9 Å². The van der Waals surface area contributed by atoms with E-state index in [4.69, 9.17) is 9.84 Å². The molecule has 1 N–H and O–H groups in total. The van der Waals surface area contributed by atoms with Crippen molar-refractivity contribution >= 4 is 11.7 Å². The number of carboxylic acids is 1. The van der Waals surface area contributed by atoms with Gasteiger partial charge in [0.1, 0.15) is 5.69 Å². The van der Waals surface area contributed by atoms with Crippen LogP contribution in [0.5, 0.6) is 5.88 Å². The van der Waals surface area contributed by atoms with E-state index in [2.05, 4.69) is 5.10 Å². The van der Waals surface area contributed by atoms with Crippen molar-refractivity contribution in [2.45, 2.75) is 20.4 Å². The third-order valence-electron chi connectivity index (χ3n) is 1.86. The quantitative estimate of drug-likeness (QED) is 0.584. The maximum atomic E-state index is 10.7. The van der Waals surface area contributed by atoms with Gasteiger partial charge in [0.05, 0.1) is 4.92 Å². The molecule has 0 aliphatic carbocycles. The molecule has 0 aliphatic rings. The Balaban J connectivity index is 3.11. The minimum atomic E-state index is -1.20. The van der Waals surface area contributed by atoms with Crippen molar-refractivity contribution in [3.63, 3.8) is 0 Å². The van der Waals surface area contributed by atoms with E-state index in [-0.39, 0.29) is 17.3 Å². The molecule has 0 saturated carbocycles. The summed E-state index contributed by atoms with van der Waals surface area (Å²) < 4.78 is 6.12. The first-order valence-corrected chi connectivity index (χ1v) is 4.53. The molecular weight excluding hydrogens is 218 g/mol. The van der Waals surface area contributed by atoms with Crippen molar-refractivity contribution in [3.8, 4) is 5.88 Å². The van der Waals surface area contributed by atoms with Crippen LogP contribution < -0.4 is 4.74 Å². The standard InChI is InChI=1S/C8H11N3O5/c1-3-10-8(16-4-6(12)13)7(11(14)15)5(2)9-10/h3-4H2,1-2H3,(H,12,13). The molecule has 8 heteroatoms. The van der Waals surface area contributed by atoms with Gasteiger partial charge in [0.15, 0.2) is 6.61 Å². The molecule has 1 aromatic heterocycles. The highest BCUT2D eigenvalue weighted by Gasteiger charge is 2.26. The number of hydrogen-bond donors (Lipinski definition) is 1. The summed E-state index contributed by atoms with van der Waals surface area (Å²) in [6, 6.07) is 0. The molecule has 0 saturated heterocycles. The lowest BCUT2D eigenvalue weighted by Gasteiger charge is -2.03. The predicted molar refractivity (Wildman–Crippen MR) is 52.4 cm³/mol. The molecule has 0 bridgehead atoms. The van der Waals surface area contributed by atoms with Gasteiger partial charge in [-0.05, 0) is 13.8 Å². The van der Waals surface area contributed by atoms with Gasteiger partial charge in [0.25, 0.3) is 5.88 Å². The van der Waals surface area contributed by atoms with E-state index in [0.29, 0.717) is 6.54 Å². The molecule has 16 heavy (non-hydrogen) atoms. The molecule has 0 unspecified atom stereocenters. The summed E-state index contributed by atoms with van der Waals surface area (Å²) in [5, 5.41) is 23.1. The Morgan fingerprint density at radius 2 is 2.31 bits per heavy atom. The second-order valence-electron chi connectivity index (χ2n) is 2.99. The number of ether oxygens (including phenoxy) is 1. The van der Waals surface area contributed by atoms with Crippen LogP contribution in [0, 0.1) is 17.0 Å².